The van der Waals surface area contributed by atoms with Gasteiger partial charge in [0.05, 0.1) is 16.7 Å². The van der Waals surface area contributed by atoms with Crippen LogP contribution in [0.4, 0.5) is 19.3 Å². The Bertz CT molecular complexity index is 1170. The van der Waals surface area contributed by atoms with Crippen LogP contribution >= 0.6 is 0 Å². The van der Waals surface area contributed by atoms with Crippen LogP contribution in [0.3, 0.4) is 0 Å². The Morgan fingerprint density at radius 3 is 2.45 bits per heavy atom. The van der Waals surface area contributed by atoms with Gasteiger partial charge in [-0.3, -0.25) is 10.1 Å². The number of rotatable bonds is 4. The number of amides is 1. The van der Waals surface area contributed by atoms with Gasteiger partial charge in [-0.15, -0.1) is 0 Å². The van der Waals surface area contributed by atoms with Gasteiger partial charge in [-0.25, -0.2) is 13.6 Å². The van der Waals surface area contributed by atoms with Gasteiger partial charge in [-0.1, -0.05) is 30.3 Å². The highest BCUT2D eigenvalue weighted by atomic mass is 19.1. The first-order valence-electron chi connectivity index (χ1n) is 9.26. The van der Waals surface area contributed by atoms with Crippen molar-refractivity contribution in [3.05, 3.63) is 106 Å². The number of carbonyl (C=O) groups is 1. The second-order valence-electron chi connectivity index (χ2n) is 6.77. The summed E-state index contributed by atoms with van der Waals surface area (Å²) in [7, 11) is 0. The predicted octanol–water partition coefficient (Wildman–Crippen LogP) is 5.22. The Hall–Kier alpha value is -4.14. The maximum absolute atomic E-state index is 14.3. The molecule has 0 N–H and O–H groups in total. The molecule has 0 saturated heterocycles. The minimum absolute atomic E-state index is 0.0356. The summed E-state index contributed by atoms with van der Waals surface area (Å²) in [5.41, 5.74) is 0.752. The number of hydrogen-bond acceptors (Lipinski definition) is 5. The summed E-state index contributed by atoms with van der Waals surface area (Å²) in [6.07, 6.45) is -0.700. The lowest BCUT2D eigenvalue weighted by atomic mass is 9.98. The van der Waals surface area contributed by atoms with Gasteiger partial charge < -0.3 is 4.74 Å². The number of carbonyl (C=O) groups excluding carboxylic acids is 1. The van der Waals surface area contributed by atoms with Gasteiger partial charge in [-0.2, -0.15) is 10.1 Å². The third kappa shape index (κ3) is 4.25. The van der Waals surface area contributed by atoms with Crippen LogP contribution in [0.15, 0.2) is 77.9 Å². The lowest BCUT2D eigenvalue weighted by Crippen LogP contribution is -2.29. The minimum atomic E-state index is -0.852. The van der Waals surface area contributed by atoms with E-state index in [9.17, 15) is 23.7 Å². The zero-order valence-electron chi connectivity index (χ0n) is 15.9. The van der Waals surface area contributed by atoms with E-state index in [1.54, 1.807) is 24.3 Å². The molecule has 1 aliphatic heterocycles. The summed E-state index contributed by atoms with van der Waals surface area (Å²) in [5.74, 6) is -1.19. The van der Waals surface area contributed by atoms with Crippen molar-refractivity contribution in [3.63, 3.8) is 0 Å². The number of hydrogen-bond donors (Lipinski definition) is 0. The highest BCUT2D eigenvalue weighted by Gasteiger charge is 2.35. The molecule has 1 unspecified atom stereocenters. The largest absolute Gasteiger partial charge is 0.436 e. The number of hydrazone groups is 1. The normalized spacial score (nSPS) is 15.5. The quantitative estimate of drug-likeness (QED) is 0.425. The van der Waals surface area contributed by atoms with E-state index in [1.807, 2.05) is 6.07 Å². The van der Waals surface area contributed by atoms with Gasteiger partial charge in [-0.05, 0) is 35.9 Å². The van der Waals surface area contributed by atoms with E-state index in [1.165, 1.54) is 24.3 Å². The average Bonchev–Trinajstić information content (AvgIpc) is 3.22. The first-order chi connectivity index (χ1) is 14.9. The second-order valence-corrected chi connectivity index (χ2v) is 6.77. The smallest absolute Gasteiger partial charge is 0.409 e. The monoisotopic (exact) mass is 423 g/mol. The topological polar surface area (TPSA) is 85.0 Å². The molecule has 7 nitrogen and oxygen atoms in total. The van der Waals surface area contributed by atoms with E-state index in [-0.39, 0.29) is 29.1 Å². The molecule has 3 aromatic rings. The third-order valence-electron chi connectivity index (χ3n) is 4.77. The Labute approximate surface area is 175 Å². The Morgan fingerprint density at radius 1 is 1.06 bits per heavy atom. The molecule has 4 rings (SSSR count). The Balaban J connectivity index is 1.65. The summed E-state index contributed by atoms with van der Waals surface area (Å²) in [6, 6.07) is 16.4. The number of benzene rings is 3. The Morgan fingerprint density at radius 2 is 1.77 bits per heavy atom. The van der Waals surface area contributed by atoms with Crippen molar-refractivity contribution in [2.75, 3.05) is 0 Å². The van der Waals surface area contributed by atoms with Crippen LogP contribution in [-0.2, 0) is 0 Å². The van der Waals surface area contributed by atoms with Gasteiger partial charge in [0.1, 0.15) is 17.4 Å². The minimum Gasteiger partial charge on any atom is -0.409 e. The van der Waals surface area contributed by atoms with Crippen molar-refractivity contribution in [1.29, 1.82) is 0 Å². The predicted molar refractivity (Wildman–Crippen MR) is 108 cm³/mol. The number of ether oxygens (including phenoxy) is 1. The molecular weight excluding hydrogens is 408 g/mol. The second kappa shape index (κ2) is 8.31. The van der Waals surface area contributed by atoms with Crippen LogP contribution in [0, 0.1) is 21.7 Å². The number of non-ortho nitro benzene ring substituents is 1. The van der Waals surface area contributed by atoms with E-state index in [2.05, 4.69) is 5.10 Å². The van der Waals surface area contributed by atoms with Gasteiger partial charge in [0, 0.05) is 24.1 Å². The lowest BCUT2D eigenvalue weighted by Gasteiger charge is -2.21. The number of nitro groups is 1. The van der Waals surface area contributed by atoms with Crippen LogP contribution in [0.25, 0.3) is 0 Å². The van der Waals surface area contributed by atoms with Crippen molar-refractivity contribution < 1.29 is 23.2 Å². The summed E-state index contributed by atoms with van der Waals surface area (Å²) in [5, 5.41) is 16.1. The van der Waals surface area contributed by atoms with E-state index in [0.717, 1.165) is 28.8 Å². The molecule has 0 radical (unpaired) electrons. The summed E-state index contributed by atoms with van der Waals surface area (Å²) >= 11 is 0. The molecule has 0 bridgehead atoms. The van der Waals surface area contributed by atoms with Crippen molar-refractivity contribution >= 4 is 17.5 Å². The molecule has 0 aromatic heterocycles. The van der Waals surface area contributed by atoms with Crippen LogP contribution < -0.4 is 4.74 Å². The van der Waals surface area contributed by atoms with E-state index in [0.29, 0.717) is 0 Å². The molecule has 1 heterocycles. The molecule has 3 aromatic carbocycles. The van der Waals surface area contributed by atoms with E-state index in [4.69, 9.17) is 4.74 Å². The zero-order chi connectivity index (χ0) is 22.0. The first kappa shape index (κ1) is 20.1. The fourth-order valence-electron chi connectivity index (χ4n) is 3.28. The summed E-state index contributed by atoms with van der Waals surface area (Å²) in [6.45, 7) is 0. The average molecular weight is 423 g/mol. The highest BCUT2D eigenvalue weighted by Crippen LogP contribution is 2.34. The molecule has 0 aliphatic carbocycles. The molecule has 9 heteroatoms. The number of halogens is 2. The van der Waals surface area contributed by atoms with Crippen LogP contribution in [-0.4, -0.2) is 21.7 Å². The van der Waals surface area contributed by atoms with Crippen molar-refractivity contribution in [3.8, 4) is 5.75 Å². The van der Waals surface area contributed by atoms with Gasteiger partial charge in [0.2, 0.25) is 0 Å². The molecule has 1 aliphatic rings. The maximum Gasteiger partial charge on any atom is 0.436 e. The van der Waals surface area contributed by atoms with Crippen LogP contribution in [0.1, 0.15) is 23.6 Å². The van der Waals surface area contributed by atoms with E-state index < -0.39 is 28.7 Å². The van der Waals surface area contributed by atoms with Crippen LogP contribution in [0.5, 0.6) is 5.75 Å². The van der Waals surface area contributed by atoms with Gasteiger partial charge >= 0.3 is 6.09 Å². The fraction of sp³-hybridized carbons (Fsp3) is 0.0909. The molecule has 0 saturated carbocycles. The Kier molecular flexibility index (Phi) is 5.40. The molecule has 31 heavy (non-hydrogen) atoms. The fourth-order valence-corrected chi connectivity index (χ4v) is 3.28. The molecule has 1 atom stereocenters. The molecule has 0 spiro atoms. The lowest BCUT2D eigenvalue weighted by molar-refractivity contribution is -0.384. The molecule has 156 valence electrons. The van der Waals surface area contributed by atoms with Crippen molar-refractivity contribution in [1.82, 2.24) is 5.01 Å². The van der Waals surface area contributed by atoms with Gasteiger partial charge in [0.25, 0.3) is 5.69 Å². The third-order valence-corrected chi connectivity index (χ3v) is 4.77. The maximum atomic E-state index is 14.3. The van der Waals surface area contributed by atoms with Crippen molar-refractivity contribution in [2.24, 2.45) is 5.10 Å². The summed E-state index contributed by atoms with van der Waals surface area (Å²) < 4.78 is 33.3. The molecule has 1 amide bonds. The molecule has 0 fully saturated rings. The van der Waals surface area contributed by atoms with E-state index >= 15 is 0 Å². The number of nitro benzene ring substituents is 1. The molecular formula is C22H15F2N3O4. The standard InChI is InChI=1S/C22H15F2N3O4/c23-15-6-11-19(24)18(12-15)20-13-21(14-4-2-1-3-5-14)26(25-20)22(28)31-17-9-7-16(8-10-17)27(29)30/h1-12,21H,13H2. The van der Waals surface area contributed by atoms with Crippen LogP contribution in [0.2, 0.25) is 0 Å². The SMILES string of the molecule is O=C(Oc1ccc([N+](=O)[O-])cc1)N1N=C(c2cc(F)ccc2F)CC1c1ccccc1. The summed E-state index contributed by atoms with van der Waals surface area (Å²) in [4.78, 5) is 23.1. The van der Waals surface area contributed by atoms with Crippen molar-refractivity contribution in [2.45, 2.75) is 12.5 Å². The first-order valence-corrected chi connectivity index (χ1v) is 9.26. The highest BCUT2D eigenvalue weighted by molar-refractivity contribution is 6.03. The number of nitrogens with zero attached hydrogens (tertiary/aromatic N) is 3. The van der Waals surface area contributed by atoms with Gasteiger partial charge in [0.15, 0.2) is 0 Å². The zero-order valence-corrected chi connectivity index (χ0v) is 15.9.